The van der Waals surface area contributed by atoms with E-state index in [0.717, 1.165) is 53.4 Å². The number of piperazine rings is 1. The third-order valence-electron chi connectivity index (χ3n) is 6.77. The van der Waals surface area contributed by atoms with Gasteiger partial charge in [-0.1, -0.05) is 54.3 Å². The van der Waals surface area contributed by atoms with E-state index in [0.29, 0.717) is 22.3 Å². The smallest absolute Gasteiger partial charge is 0.257 e. The third-order valence-corrected chi connectivity index (χ3v) is 9.09. The topological polar surface area (TPSA) is 74.5 Å². The number of hydrogen-bond acceptors (Lipinski definition) is 7. The molecule has 1 aromatic carbocycles. The van der Waals surface area contributed by atoms with Crippen LogP contribution in [0.1, 0.15) is 48.0 Å². The van der Waals surface area contributed by atoms with Gasteiger partial charge < -0.3 is 10.6 Å². The van der Waals surface area contributed by atoms with Crippen LogP contribution in [0.25, 0.3) is 10.6 Å². The molecule has 0 spiro atoms. The number of aromatic nitrogens is 1. The van der Waals surface area contributed by atoms with Crippen LogP contribution in [0.3, 0.4) is 0 Å². The summed E-state index contributed by atoms with van der Waals surface area (Å²) in [6, 6.07) is 10.1. The minimum atomic E-state index is -0.165. The number of carbonyl (C=O) groups excluding carboxylic acids is 1. The second kappa shape index (κ2) is 10.7. The first-order valence-electron chi connectivity index (χ1n) is 12.0. The molecule has 1 saturated heterocycles. The number of benzene rings is 1. The summed E-state index contributed by atoms with van der Waals surface area (Å²) in [6.45, 7) is 4.54. The monoisotopic (exact) mass is 515 g/mol. The molecule has 6 nitrogen and oxygen atoms in total. The highest BCUT2D eigenvalue weighted by Crippen LogP contribution is 2.42. The zero-order valence-electron chi connectivity index (χ0n) is 19.1. The molecule has 2 aromatic heterocycles. The Labute approximate surface area is 213 Å². The zero-order valence-corrected chi connectivity index (χ0v) is 21.5. The predicted octanol–water partition coefficient (Wildman–Crippen LogP) is 5.69. The van der Waals surface area contributed by atoms with E-state index in [1.807, 2.05) is 23.6 Å². The van der Waals surface area contributed by atoms with Crippen molar-refractivity contribution in [3.63, 3.8) is 0 Å². The van der Waals surface area contributed by atoms with E-state index in [1.54, 1.807) is 34.8 Å². The molecule has 9 heteroatoms. The lowest BCUT2D eigenvalue weighted by molar-refractivity contribution is 0.102. The van der Waals surface area contributed by atoms with Crippen LogP contribution in [-0.2, 0) is 6.54 Å². The van der Waals surface area contributed by atoms with Gasteiger partial charge in [0.1, 0.15) is 10.7 Å². The van der Waals surface area contributed by atoms with Crippen LogP contribution in [0.4, 0.5) is 10.1 Å². The van der Waals surface area contributed by atoms with Gasteiger partial charge in [0.2, 0.25) is 0 Å². The van der Waals surface area contributed by atoms with Crippen molar-refractivity contribution in [3.05, 3.63) is 51.9 Å². The molecular formula is C25H30ClN5OS2. The van der Waals surface area contributed by atoms with Gasteiger partial charge in [0.25, 0.3) is 5.91 Å². The number of rotatable bonds is 6. The number of halogens is 1. The molecule has 3 heterocycles. The first kappa shape index (κ1) is 23.8. The SMILES string of the molecule is NCc1ccc(C(=O)Nc2nc(-c3cc(Cl)cs3)c(N3CCN(C4CCCCC4)CC3)s2)cc1. The second-order valence-electron chi connectivity index (χ2n) is 8.97. The molecule has 0 bridgehead atoms. The minimum Gasteiger partial charge on any atom is -0.359 e. The Hall–Kier alpha value is -1.97. The predicted molar refractivity (Wildman–Crippen MR) is 143 cm³/mol. The summed E-state index contributed by atoms with van der Waals surface area (Å²) in [7, 11) is 0. The molecule has 3 aromatic rings. The van der Waals surface area contributed by atoms with Crippen LogP contribution in [0.5, 0.6) is 0 Å². The molecule has 1 aliphatic carbocycles. The third kappa shape index (κ3) is 5.31. The fourth-order valence-electron chi connectivity index (χ4n) is 4.88. The van der Waals surface area contributed by atoms with Crippen molar-refractivity contribution in [3.8, 4) is 10.6 Å². The fraction of sp³-hybridized carbons (Fsp3) is 0.440. The highest BCUT2D eigenvalue weighted by atomic mass is 35.5. The summed E-state index contributed by atoms with van der Waals surface area (Å²) in [4.78, 5) is 23.8. The average molecular weight is 516 g/mol. The van der Waals surface area contributed by atoms with Crippen LogP contribution in [0.15, 0.2) is 35.7 Å². The summed E-state index contributed by atoms with van der Waals surface area (Å²) in [5, 5.41) is 7.36. The summed E-state index contributed by atoms with van der Waals surface area (Å²) in [5.41, 5.74) is 8.17. The Balaban J connectivity index is 1.34. The first-order chi connectivity index (χ1) is 16.6. The van der Waals surface area contributed by atoms with Crippen molar-refractivity contribution < 1.29 is 4.79 Å². The van der Waals surface area contributed by atoms with Gasteiger partial charge >= 0.3 is 0 Å². The molecule has 0 unspecified atom stereocenters. The molecule has 1 saturated carbocycles. The molecule has 3 N–H and O–H groups in total. The van der Waals surface area contributed by atoms with Crippen LogP contribution in [0, 0.1) is 0 Å². The van der Waals surface area contributed by atoms with Gasteiger partial charge in [-0.2, -0.15) is 0 Å². The summed E-state index contributed by atoms with van der Waals surface area (Å²) >= 11 is 9.37. The van der Waals surface area contributed by atoms with Crippen molar-refractivity contribution in [1.29, 1.82) is 0 Å². The van der Waals surface area contributed by atoms with Crippen molar-refractivity contribution in [2.75, 3.05) is 36.4 Å². The van der Waals surface area contributed by atoms with Gasteiger partial charge in [-0.3, -0.25) is 15.0 Å². The highest BCUT2D eigenvalue weighted by Gasteiger charge is 2.28. The van der Waals surface area contributed by atoms with E-state index in [2.05, 4.69) is 15.1 Å². The van der Waals surface area contributed by atoms with E-state index < -0.39 is 0 Å². The lowest BCUT2D eigenvalue weighted by Gasteiger charge is -2.41. The van der Waals surface area contributed by atoms with Gasteiger partial charge in [-0.05, 0) is 36.6 Å². The fourth-order valence-corrected chi connectivity index (χ4v) is 7.03. The molecule has 1 amide bonds. The summed E-state index contributed by atoms with van der Waals surface area (Å²) in [6.07, 6.45) is 6.78. The lowest BCUT2D eigenvalue weighted by Crippen LogP contribution is -2.50. The number of nitrogens with two attached hydrogens (primary N) is 1. The van der Waals surface area contributed by atoms with Crippen molar-refractivity contribution in [1.82, 2.24) is 9.88 Å². The standard InChI is InChI=1S/C25H30ClN5OS2/c26-19-14-21(33-16-19)22-24(31-12-10-30(11-13-31)20-4-2-1-3-5-20)34-25(28-22)29-23(32)18-8-6-17(15-27)7-9-18/h6-9,14,16,20H,1-5,10-13,15,27H2,(H,28,29,32). The molecule has 34 heavy (non-hydrogen) atoms. The van der Waals surface area contributed by atoms with Crippen LogP contribution < -0.4 is 16.0 Å². The van der Waals surface area contributed by atoms with E-state index in [1.165, 1.54) is 32.1 Å². The number of nitrogens with zero attached hydrogens (tertiary/aromatic N) is 3. The lowest BCUT2D eigenvalue weighted by atomic mass is 9.94. The highest BCUT2D eigenvalue weighted by molar-refractivity contribution is 7.21. The number of carbonyl (C=O) groups is 1. The van der Waals surface area contributed by atoms with Gasteiger partial charge in [0.15, 0.2) is 5.13 Å². The quantitative estimate of drug-likeness (QED) is 0.441. The zero-order chi connectivity index (χ0) is 23.5. The second-order valence-corrected chi connectivity index (χ2v) is 11.3. The van der Waals surface area contributed by atoms with Crippen LogP contribution >= 0.6 is 34.3 Å². The molecule has 5 rings (SSSR count). The van der Waals surface area contributed by atoms with Gasteiger partial charge in [0.05, 0.1) is 9.90 Å². The Morgan fingerprint density at radius 2 is 1.85 bits per heavy atom. The number of thiazole rings is 1. The Morgan fingerprint density at radius 1 is 1.12 bits per heavy atom. The number of anilines is 2. The molecular weight excluding hydrogens is 486 g/mol. The minimum absolute atomic E-state index is 0.165. The number of hydrogen-bond donors (Lipinski definition) is 2. The molecule has 2 fully saturated rings. The van der Waals surface area contributed by atoms with E-state index in [9.17, 15) is 4.79 Å². The van der Waals surface area contributed by atoms with Crippen molar-refractivity contribution >= 4 is 50.3 Å². The number of nitrogens with one attached hydrogen (secondary N) is 1. The summed E-state index contributed by atoms with van der Waals surface area (Å²) in [5.74, 6) is -0.165. The first-order valence-corrected chi connectivity index (χ1v) is 14.0. The molecule has 2 aliphatic rings. The van der Waals surface area contributed by atoms with Crippen LogP contribution in [0.2, 0.25) is 5.02 Å². The Morgan fingerprint density at radius 3 is 2.50 bits per heavy atom. The molecule has 0 atom stereocenters. The molecule has 180 valence electrons. The summed E-state index contributed by atoms with van der Waals surface area (Å²) < 4.78 is 0. The van der Waals surface area contributed by atoms with Crippen LogP contribution in [-0.4, -0.2) is 48.0 Å². The molecule has 1 aliphatic heterocycles. The van der Waals surface area contributed by atoms with Crippen molar-refractivity contribution in [2.24, 2.45) is 5.73 Å². The Kier molecular flexibility index (Phi) is 7.51. The Bertz CT molecular complexity index is 1110. The maximum Gasteiger partial charge on any atom is 0.257 e. The van der Waals surface area contributed by atoms with Gasteiger partial charge in [-0.15, -0.1) is 11.3 Å². The van der Waals surface area contributed by atoms with Crippen molar-refractivity contribution in [2.45, 2.75) is 44.7 Å². The average Bonchev–Trinajstić information content (AvgIpc) is 3.51. The normalized spacial score (nSPS) is 17.8. The number of thiophene rings is 1. The molecule has 0 radical (unpaired) electrons. The van der Waals surface area contributed by atoms with Gasteiger partial charge in [-0.25, -0.2) is 4.98 Å². The maximum absolute atomic E-state index is 12.9. The van der Waals surface area contributed by atoms with E-state index in [4.69, 9.17) is 22.3 Å². The largest absolute Gasteiger partial charge is 0.359 e. The van der Waals surface area contributed by atoms with E-state index >= 15 is 0 Å². The maximum atomic E-state index is 12.9. The van der Waals surface area contributed by atoms with Gasteiger partial charge in [0, 0.05) is 49.7 Å². The van der Waals surface area contributed by atoms with E-state index in [-0.39, 0.29) is 5.91 Å². The number of amides is 1.